The van der Waals surface area contributed by atoms with Crippen LogP contribution in [0.25, 0.3) is 0 Å². The predicted octanol–water partition coefficient (Wildman–Crippen LogP) is 2.38. The van der Waals surface area contributed by atoms with E-state index in [0.717, 1.165) is 12.2 Å². The molecule has 1 rings (SSSR count). The van der Waals surface area contributed by atoms with Gasteiger partial charge in [-0.2, -0.15) is 0 Å². The average Bonchev–Trinajstić information content (AvgIpc) is 2.21. The van der Waals surface area contributed by atoms with Gasteiger partial charge in [0, 0.05) is 6.54 Å². The lowest BCUT2D eigenvalue weighted by Crippen LogP contribution is -2.27. The molecule has 0 fully saturated rings. The molecule has 0 bridgehead atoms. The summed E-state index contributed by atoms with van der Waals surface area (Å²) in [5.74, 6) is 1.07. The van der Waals surface area contributed by atoms with E-state index in [1.54, 1.807) is 12.3 Å². The van der Waals surface area contributed by atoms with Crippen LogP contribution in [0.4, 0.5) is 5.69 Å². The first-order valence-corrected chi connectivity index (χ1v) is 5.56. The number of nitrogens with zero attached hydrogens (tertiary/aromatic N) is 1. The van der Waals surface area contributed by atoms with Gasteiger partial charge in [0.05, 0.1) is 11.9 Å². The van der Waals surface area contributed by atoms with Gasteiger partial charge < -0.3 is 11.1 Å². The molecular formula is C11H18ClN3. The van der Waals surface area contributed by atoms with Crippen LogP contribution in [-0.2, 0) is 0 Å². The summed E-state index contributed by atoms with van der Waals surface area (Å²) in [5.41, 5.74) is 6.67. The zero-order chi connectivity index (χ0) is 11.3. The Bertz CT molecular complexity index is 284. The Hall–Kier alpha value is -0.800. The van der Waals surface area contributed by atoms with Crippen LogP contribution in [0, 0.1) is 11.8 Å². The fourth-order valence-electron chi connectivity index (χ4n) is 1.32. The minimum absolute atomic E-state index is 0.487. The minimum Gasteiger partial charge on any atom is -0.383 e. The highest BCUT2D eigenvalue weighted by Crippen LogP contribution is 2.13. The van der Waals surface area contributed by atoms with Crippen molar-refractivity contribution in [2.75, 3.05) is 18.4 Å². The molecule has 0 radical (unpaired) electrons. The van der Waals surface area contributed by atoms with E-state index in [9.17, 15) is 0 Å². The first kappa shape index (κ1) is 12.3. The third-order valence-corrected chi connectivity index (χ3v) is 2.76. The van der Waals surface area contributed by atoms with Crippen molar-refractivity contribution < 1.29 is 0 Å². The topological polar surface area (TPSA) is 50.9 Å². The molecule has 3 nitrogen and oxygen atoms in total. The maximum Gasteiger partial charge on any atom is 0.129 e. The third kappa shape index (κ3) is 4.06. The van der Waals surface area contributed by atoms with Gasteiger partial charge in [-0.1, -0.05) is 25.4 Å². The van der Waals surface area contributed by atoms with Gasteiger partial charge in [-0.25, -0.2) is 4.98 Å². The van der Waals surface area contributed by atoms with E-state index >= 15 is 0 Å². The summed E-state index contributed by atoms with van der Waals surface area (Å²) in [6.07, 6.45) is 1.73. The van der Waals surface area contributed by atoms with Crippen LogP contribution in [0.15, 0.2) is 18.3 Å². The molecule has 0 aliphatic heterocycles. The van der Waals surface area contributed by atoms with Crippen LogP contribution >= 0.6 is 11.6 Å². The smallest absolute Gasteiger partial charge is 0.129 e. The number of pyridine rings is 1. The van der Waals surface area contributed by atoms with Crippen LogP contribution in [0.5, 0.6) is 0 Å². The van der Waals surface area contributed by atoms with Gasteiger partial charge in [-0.05, 0) is 30.5 Å². The van der Waals surface area contributed by atoms with E-state index in [4.69, 9.17) is 17.3 Å². The van der Waals surface area contributed by atoms with Crippen LogP contribution in [0.3, 0.4) is 0 Å². The number of hydrogen-bond donors (Lipinski definition) is 2. The fourth-order valence-corrected chi connectivity index (χ4v) is 1.43. The number of rotatable bonds is 5. The maximum atomic E-state index is 5.69. The molecule has 15 heavy (non-hydrogen) atoms. The molecule has 0 spiro atoms. The van der Waals surface area contributed by atoms with Crippen LogP contribution in [-0.4, -0.2) is 18.1 Å². The molecule has 1 unspecified atom stereocenters. The summed E-state index contributed by atoms with van der Waals surface area (Å²) in [4.78, 5) is 4.00. The Morgan fingerprint density at radius 3 is 2.67 bits per heavy atom. The summed E-state index contributed by atoms with van der Waals surface area (Å²) in [5, 5.41) is 3.82. The van der Waals surface area contributed by atoms with Crippen molar-refractivity contribution in [3.05, 3.63) is 23.5 Å². The summed E-state index contributed by atoms with van der Waals surface area (Å²) in [6, 6.07) is 3.69. The van der Waals surface area contributed by atoms with E-state index < -0.39 is 0 Å². The van der Waals surface area contributed by atoms with E-state index in [1.807, 2.05) is 6.07 Å². The van der Waals surface area contributed by atoms with Crippen molar-refractivity contribution in [3.8, 4) is 0 Å². The quantitative estimate of drug-likeness (QED) is 0.760. The lowest BCUT2D eigenvalue weighted by atomic mass is 9.96. The second kappa shape index (κ2) is 5.93. The van der Waals surface area contributed by atoms with Gasteiger partial charge in [0.2, 0.25) is 0 Å². The molecule has 0 aliphatic rings. The molecule has 0 saturated carbocycles. The SMILES string of the molecule is CC(C)C(CN)CNc1ccc(Cl)nc1. The van der Waals surface area contributed by atoms with Gasteiger partial charge >= 0.3 is 0 Å². The molecule has 1 aromatic rings. The van der Waals surface area contributed by atoms with E-state index in [2.05, 4.69) is 24.1 Å². The number of aromatic nitrogens is 1. The molecular weight excluding hydrogens is 210 g/mol. The molecule has 0 saturated heterocycles. The van der Waals surface area contributed by atoms with E-state index in [1.165, 1.54) is 0 Å². The van der Waals surface area contributed by atoms with Crippen molar-refractivity contribution in [1.29, 1.82) is 0 Å². The van der Waals surface area contributed by atoms with Crippen molar-refractivity contribution in [3.63, 3.8) is 0 Å². The highest BCUT2D eigenvalue weighted by molar-refractivity contribution is 6.29. The average molecular weight is 228 g/mol. The second-order valence-corrected chi connectivity index (χ2v) is 4.38. The zero-order valence-corrected chi connectivity index (χ0v) is 9.96. The van der Waals surface area contributed by atoms with Crippen LogP contribution < -0.4 is 11.1 Å². The number of anilines is 1. The summed E-state index contributed by atoms with van der Waals surface area (Å²) >= 11 is 5.69. The second-order valence-electron chi connectivity index (χ2n) is 3.99. The van der Waals surface area contributed by atoms with Crippen molar-refractivity contribution in [1.82, 2.24) is 4.98 Å². The monoisotopic (exact) mass is 227 g/mol. The van der Waals surface area contributed by atoms with Gasteiger partial charge in [0.15, 0.2) is 0 Å². The first-order valence-electron chi connectivity index (χ1n) is 5.19. The van der Waals surface area contributed by atoms with Gasteiger partial charge in [-0.15, -0.1) is 0 Å². The molecule has 1 aromatic heterocycles. The Morgan fingerprint density at radius 1 is 1.47 bits per heavy atom. The fraction of sp³-hybridized carbons (Fsp3) is 0.545. The van der Waals surface area contributed by atoms with Gasteiger partial charge in [0.25, 0.3) is 0 Å². The van der Waals surface area contributed by atoms with E-state index in [-0.39, 0.29) is 0 Å². The largest absolute Gasteiger partial charge is 0.383 e. The zero-order valence-electron chi connectivity index (χ0n) is 9.20. The molecule has 0 amide bonds. The molecule has 0 aliphatic carbocycles. The number of nitrogens with one attached hydrogen (secondary N) is 1. The minimum atomic E-state index is 0.487. The van der Waals surface area contributed by atoms with Gasteiger partial charge in [0.1, 0.15) is 5.15 Å². The number of halogens is 1. The van der Waals surface area contributed by atoms with Crippen molar-refractivity contribution >= 4 is 17.3 Å². The third-order valence-electron chi connectivity index (χ3n) is 2.54. The molecule has 3 N–H and O–H groups in total. The van der Waals surface area contributed by atoms with Gasteiger partial charge in [-0.3, -0.25) is 0 Å². The number of nitrogens with two attached hydrogens (primary N) is 1. The summed E-state index contributed by atoms with van der Waals surface area (Å²) in [7, 11) is 0. The Labute approximate surface area is 96.0 Å². The normalized spacial score (nSPS) is 12.9. The van der Waals surface area contributed by atoms with Crippen molar-refractivity contribution in [2.45, 2.75) is 13.8 Å². The molecule has 84 valence electrons. The summed E-state index contributed by atoms with van der Waals surface area (Å²) < 4.78 is 0. The lowest BCUT2D eigenvalue weighted by molar-refractivity contribution is 0.413. The summed E-state index contributed by atoms with van der Waals surface area (Å²) in [6.45, 7) is 5.93. The lowest BCUT2D eigenvalue weighted by Gasteiger charge is -2.19. The molecule has 1 atom stereocenters. The standard InChI is InChI=1S/C11H18ClN3/c1-8(2)9(5-13)6-14-10-3-4-11(12)15-7-10/h3-4,7-9,14H,5-6,13H2,1-2H3. The molecule has 1 heterocycles. The van der Waals surface area contributed by atoms with Crippen LogP contribution in [0.1, 0.15) is 13.8 Å². The van der Waals surface area contributed by atoms with Crippen molar-refractivity contribution in [2.24, 2.45) is 17.6 Å². The predicted molar refractivity (Wildman–Crippen MR) is 65.1 cm³/mol. The van der Waals surface area contributed by atoms with E-state index in [0.29, 0.717) is 23.5 Å². The maximum absolute atomic E-state index is 5.69. The number of hydrogen-bond acceptors (Lipinski definition) is 3. The first-order chi connectivity index (χ1) is 7.13. The van der Waals surface area contributed by atoms with Crippen LogP contribution in [0.2, 0.25) is 5.15 Å². The Kier molecular flexibility index (Phi) is 4.85. The molecule has 4 heteroatoms. The highest BCUT2D eigenvalue weighted by Gasteiger charge is 2.10. The Balaban J connectivity index is 2.45. The molecule has 0 aromatic carbocycles. The Morgan fingerprint density at radius 2 is 2.20 bits per heavy atom. The highest BCUT2D eigenvalue weighted by atomic mass is 35.5.